The van der Waals surface area contributed by atoms with Crippen molar-refractivity contribution in [2.45, 2.75) is 6.61 Å². The normalized spacial score (nSPS) is 9.47. The maximum Gasteiger partial charge on any atom is 0.258 e. The molecule has 0 radical (unpaired) electrons. The summed E-state index contributed by atoms with van der Waals surface area (Å²) < 4.78 is 18.0. The molecule has 90 valence electrons. The number of benzene rings is 1. The third kappa shape index (κ3) is 4.49. The Labute approximate surface area is 97.4 Å². The topological polar surface area (TPSA) is 82.4 Å². The first-order valence-corrected chi connectivity index (χ1v) is 4.82. The number of nitriles is 1. The van der Waals surface area contributed by atoms with Crippen LogP contribution in [0.5, 0.6) is 5.75 Å². The van der Waals surface area contributed by atoms with Gasteiger partial charge in [0, 0.05) is 6.07 Å². The highest BCUT2D eigenvalue weighted by molar-refractivity contribution is 5.77. The molecule has 0 aliphatic heterocycles. The van der Waals surface area contributed by atoms with Crippen LogP contribution < -0.4 is 10.1 Å². The number of carbonyl (C=O) groups excluding carboxylic acids is 1. The minimum Gasteiger partial charge on any atom is -0.484 e. The number of aliphatic hydroxyl groups is 1. The van der Waals surface area contributed by atoms with Gasteiger partial charge in [-0.05, 0) is 17.7 Å². The predicted molar refractivity (Wildman–Crippen MR) is 56.4 cm³/mol. The first kappa shape index (κ1) is 12.9. The largest absolute Gasteiger partial charge is 0.484 e. The summed E-state index contributed by atoms with van der Waals surface area (Å²) in [7, 11) is 0. The van der Waals surface area contributed by atoms with Gasteiger partial charge in [-0.25, -0.2) is 4.39 Å². The van der Waals surface area contributed by atoms with Crippen LogP contribution in [0.3, 0.4) is 0 Å². The van der Waals surface area contributed by atoms with Gasteiger partial charge in [0.15, 0.2) is 6.61 Å². The molecular formula is C11H11FN2O3. The van der Waals surface area contributed by atoms with E-state index in [1.165, 1.54) is 12.1 Å². The fourth-order valence-electron chi connectivity index (χ4n) is 1.13. The molecule has 0 heterocycles. The Morgan fingerprint density at radius 1 is 1.53 bits per heavy atom. The van der Waals surface area contributed by atoms with Gasteiger partial charge in [0.2, 0.25) is 0 Å². The lowest BCUT2D eigenvalue weighted by Gasteiger charge is -2.07. The zero-order valence-corrected chi connectivity index (χ0v) is 8.94. The number of nitrogens with one attached hydrogen (secondary N) is 1. The summed E-state index contributed by atoms with van der Waals surface area (Å²) in [5, 5.41) is 19.3. The average molecular weight is 238 g/mol. The Morgan fingerprint density at radius 3 is 2.94 bits per heavy atom. The molecule has 5 nitrogen and oxygen atoms in total. The number of nitrogens with zero attached hydrogens (tertiary/aromatic N) is 1. The van der Waals surface area contributed by atoms with Crippen molar-refractivity contribution in [2.75, 3.05) is 13.2 Å². The Balaban J connectivity index is 2.54. The third-order valence-corrected chi connectivity index (χ3v) is 1.85. The summed E-state index contributed by atoms with van der Waals surface area (Å²) in [5.74, 6) is -0.869. The maximum atomic E-state index is 13.0. The average Bonchev–Trinajstić information content (AvgIpc) is 2.33. The van der Waals surface area contributed by atoms with Crippen LogP contribution in [0.1, 0.15) is 5.56 Å². The molecule has 1 aromatic rings. The summed E-state index contributed by atoms with van der Waals surface area (Å²) >= 11 is 0. The van der Waals surface area contributed by atoms with Gasteiger partial charge in [-0.1, -0.05) is 0 Å². The zero-order chi connectivity index (χ0) is 12.7. The van der Waals surface area contributed by atoms with E-state index < -0.39 is 11.7 Å². The molecule has 0 saturated carbocycles. The van der Waals surface area contributed by atoms with Crippen molar-refractivity contribution in [1.29, 1.82) is 5.26 Å². The van der Waals surface area contributed by atoms with Crippen molar-refractivity contribution in [3.63, 3.8) is 0 Å². The second-order valence-electron chi connectivity index (χ2n) is 3.18. The minimum absolute atomic E-state index is 0.104. The van der Waals surface area contributed by atoms with Gasteiger partial charge in [0.05, 0.1) is 12.7 Å². The van der Waals surface area contributed by atoms with Crippen LogP contribution in [0.4, 0.5) is 4.39 Å². The van der Waals surface area contributed by atoms with Gasteiger partial charge >= 0.3 is 0 Å². The van der Waals surface area contributed by atoms with Gasteiger partial charge < -0.3 is 15.2 Å². The standard InChI is InChI=1S/C11H11FN2O3/c12-9-3-8(6-15)4-10(5-9)17-7-11(16)14-2-1-13/h3-5,15H,2,6-7H2,(H,14,16). The van der Waals surface area contributed by atoms with Crippen molar-refractivity contribution in [3.8, 4) is 11.8 Å². The molecule has 17 heavy (non-hydrogen) atoms. The van der Waals surface area contributed by atoms with Gasteiger partial charge in [-0.2, -0.15) is 5.26 Å². The number of hydrogen-bond donors (Lipinski definition) is 2. The van der Waals surface area contributed by atoms with Crippen LogP contribution in [0.15, 0.2) is 18.2 Å². The number of ether oxygens (including phenoxy) is 1. The molecule has 6 heteroatoms. The van der Waals surface area contributed by atoms with Crippen molar-refractivity contribution < 1.29 is 19.0 Å². The van der Waals surface area contributed by atoms with Crippen molar-refractivity contribution in [2.24, 2.45) is 0 Å². The maximum absolute atomic E-state index is 13.0. The lowest BCUT2D eigenvalue weighted by Crippen LogP contribution is -2.29. The molecule has 1 rings (SSSR count). The lowest BCUT2D eigenvalue weighted by molar-refractivity contribution is -0.122. The van der Waals surface area contributed by atoms with E-state index in [0.29, 0.717) is 5.56 Å². The number of amides is 1. The highest BCUT2D eigenvalue weighted by Gasteiger charge is 2.04. The van der Waals surface area contributed by atoms with E-state index in [1.54, 1.807) is 6.07 Å². The summed E-state index contributed by atoms with van der Waals surface area (Å²) in [6.45, 7) is -0.724. The first-order chi connectivity index (χ1) is 8.15. The number of halogens is 1. The SMILES string of the molecule is N#CCNC(=O)COc1cc(F)cc(CO)c1. The van der Waals surface area contributed by atoms with Crippen LogP contribution in [-0.2, 0) is 11.4 Å². The predicted octanol–water partition coefficient (Wildman–Crippen LogP) is 0.337. The van der Waals surface area contributed by atoms with E-state index in [9.17, 15) is 9.18 Å². The van der Waals surface area contributed by atoms with Crippen molar-refractivity contribution >= 4 is 5.91 Å². The molecule has 0 unspecified atom stereocenters. The Bertz CT molecular complexity index is 443. The first-order valence-electron chi connectivity index (χ1n) is 4.82. The number of carbonyl (C=O) groups is 1. The fraction of sp³-hybridized carbons (Fsp3) is 0.273. The smallest absolute Gasteiger partial charge is 0.258 e. The van der Waals surface area contributed by atoms with Crippen molar-refractivity contribution in [1.82, 2.24) is 5.32 Å². The molecule has 0 fully saturated rings. The monoisotopic (exact) mass is 238 g/mol. The van der Waals surface area contributed by atoms with Crippen LogP contribution in [0.2, 0.25) is 0 Å². The summed E-state index contributed by atoms with van der Waals surface area (Å²) in [5.41, 5.74) is 0.359. The minimum atomic E-state index is -0.552. The van der Waals surface area contributed by atoms with E-state index in [4.69, 9.17) is 15.1 Å². The quantitative estimate of drug-likeness (QED) is 0.724. The number of rotatable bonds is 5. The molecule has 0 aromatic heterocycles. The molecule has 0 aliphatic rings. The van der Waals surface area contributed by atoms with Crippen molar-refractivity contribution in [3.05, 3.63) is 29.6 Å². The second-order valence-corrected chi connectivity index (χ2v) is 3.18. The third-order valence-electron chi connectivity index (χ3n) is 1.85. The number of hydrogen-bond acceptors (Lipinski definition) is 4. The van der Waals surface area contributed by atoms with Crippen LogP contribution >= 0.6 is 0 Å². The van der Waals surface area contributed by atoms with Crippen LogP contribution in [0.25, 0.3) is 0 Å². The van der Waals surface area contributed by atoms with Gasteiger partial charge in [0.25, 0.3) is 5.91 Å². The summed E-state index contributed by atoms with van der Waals surface area (Å²) in [6.07, 6.45) is 0. The van der Waals surface area contributed by atoms with Crippen LogP contribution in [-0.4, -0.2) is 24.2 Å². The molecule has 0 saturated heterocycles. The Morgan fingerprint density at radius 2 is 2.29 bits per heavy atom. The van der Waals surface area contributed by atoms with E-state index in [-0.39, 0.29) is 25.5 Å². The Kier molecular flexibility index (Phi) is 4.91. The molecule has 2 N–H and O–H groups in total. The zero-order valence-electron chi connectivity index (χ0n) is 8.94. The van der Waals surface area contributed by atoms with E-state index in [0.717, 1.165) is 6.07 Å². The lowest BCUT2D eigenvalue weighted by atomic mass is 10.2. The summed E-state index contributed by atoms with van der Waals surface area (Å²) in [4.78, 5) is 11.1. The molecule has 1 aromatic carbocycles. The van der Waals surface area contributed by atoms with Gasteiger partial charge in [-0.3, -0.25) is 4.79 Å². The number of aliphatic hydroxyl groups excluding tert-OH is 1. The van der Waals surface area contributed by atoms with Crippen LogP contribution in [0, 0.1) is 17.1 Å². The molecule has 0 aliphatic carbocycles. The molecule has 0 atom stereocenters. The molecule has 0 bridgehead atoms. The fourth-order valence-corrected chi connectivity index (χ4v) is 1.13. The van der Waals surface area contributed by atoms with Gasteiger partial charge in [0.1, 0.15) is 18.1 Å². The Hall–Kier alpha value is -2.13. The highest BCUT2D eigenvalue weighted by atomic mass is 19.1. The molecule has 1 amide bonds. The van der Waals surface area contributed by atoms with Gasteiger partial charge in [-0.15, -0.1) is 0 Å². The summed E-state index contributed by atoms with van der Waals surface area (Å²) in [6, 6.07) is 5.45. The highest BCUT2D eigenvalue weighted by Crippen LogP contribution is 2.16. The molecular weight excluding hydrogens is 227 g/mol. The van der Waals surface area contributed by atoms with E-state index in [2.05, 4.69) is 5.32 Å². The second kappa shape index (κ2) is 6.45. The van der Waals surface area contributed by atoms with E-state index >= 15 is 0 Å². The van der Waals surface area contributed by atoms with E-state index in [1.807, 2.05) is 0 Å². The molecule has 0 spiro atoms.